The summed E-state index contributed by atoms with van der Waals surface area (Å²) in [6.45, 7) is 0.885. The molecular weight excluding hydrogens is 418 g/mol. The molecule has 0 unspecified atom stereocenters. The minimum absolute atomic E-state index is 0.122. The first-order valence-electron chi connectivity index (χ1n) is 9.84. The molecule has 0 saturated heterocycles. The fourth-order valence-electron chi connectivity index (χ4n) is 3.66. The van der Waals surface area contributed by atoms with Crippen LogP contribution >= 0.6 is 11.6 Å². The van der Waals surface area contributed by atoms with Gasteiger partial charge in [0.1, 0.15) is 6.54 Å². The minimum Gasteiger partial charge on any atom is -0.493 e. The van der Waals surface area contributed by atoms with E-state index in [1.165, 1.54) is 10.7 Å². The molecule has 1 aliphatic rings. The van der Waals surface area contributed by atoms with Gasteiger partial charge < -0.3 is 14.4 Å². The van der Waals surface area contributed by atoms with Crippen molar-refractivity contribution >= 4 is 17.5 Å². The van der Waals surface area contributed by atoms with Crippen molar-refractivity contribution in [3.63, 3.8) is 0 Å². The van der Waals surface area contributed by atoms with Crippen molar-refractivity contribution in [3.05, 3.63) is 75.0 Å². The number of carbonyl (C=O) groups excluding carboxylic acids is 1. The monoisotopic (exact) mass is 439 g/mol. The van der Waals surface area contributed by atoms with Crippen LogP contribution < -0.4 is 15.0 Å². The molecule has 1 amide bonds. The average Bonchev–Trinajstić information content (AvgIpc) is 2.79. The topological polar surface area (TPSA) is 73.7 Å². The molecule has 0 spiro atoms. The quantitative estimate of drug-likeness (QED) is 0.610. The zero-order valence-electron chi connectivity index (χ0n) is 17.3. The van der Waals surface area contributed by atoms with Crippen molar-refractivity contribution in [1.82, 2.24) is 14.7 Å². The van der Waals surface area contributed by atoms with Gasteiger partial charge in [0.05, 0.1) is 19.9 Å². The van der Waals surface area contributed by atoms with Crippen LogP contribution in [0.5, 0.6) is 11.5 Å². The Labute approximate surface area is 184 Å². The van der Waals surface area contributed by atoms with Crippen molar-refractivity contribution < 1.29 is 14.3 Å². The Morgan fingerprint density at radius 3 is 2.39 bits per heavy atom. The molecule has 0 fully saturated rings. The van der Waals surface area contributed by atoms with Gasteiger partial charge in [-0.1, -0.05) is 23.7 Å². The Bertz CT molecular complexity index is 1170. The Balaban J connectivity index is 1.53. The van der Waals surface area contributed by atoms with Crippen LogP contribution in [0.2, 0.25) is 5.02 Å². The molecule has 0 atom stereocenters. The van der Waals surface area contributed by atoms with Crippen molar-refractivity contribution in [2.24, 2.45) is 0 Å². The zero-order chi connectivity index (χ0) is 22.0. The van der Waals surface area contributed by atoms with E-state index in [-0.39, 0.29) is 18.0 Å². The predicted molar refractivity (Wildman–Crippen MR) is 118 cm³/mol. The second kappa shape index (κ2) is 8.81. The largest absolute Gasteiger partial charge is 0.493 e. The lowest BCUT2D eigenvalue weighted by atomic mass is 9.98. The van der Waals surface area contributed by atoms with Gasteiger partial charge in [-0.25, -0.2) is 4.68 Å². The van der Waals surface area contributed by atoms with Crippen LogP contribution in [-0.2, 0) is 24.3 Å². The molecule has 2 heterocycles. The average molecular weight is 440 g/mol. The van der Waals surface area contributed by atoms with E-state index < -0.39 is 0 Å². The molecule has 2 aromatic carbocycles. The number of benzene rings is 2. The zero-order valence-corrected chi connectivity index (χ0v) is 18.1. The molecule has 0 aliphatic carbocycles. The van der Waals surface area contributed by atoms with E-state index in [9.17, 15) is 9.59 Å². The molecule has 8 heteroatoms. The molecule has 3 aromatic rings. The van der Waals surface area contributed by atoms with Gasteiger partial charge in [0.15, 0.2) is 11.5 Å². The Morgan fingerprint density at radius 2 is 1.71 bits per heavy atom. The van der Waals surface area contributed by atoms with Crippen LogP contribution in [0.1, 0.15) is 11.1 Å². The normalized spacial score (nSPS) is 12.9. The van der Waals surface area contributed by atoms with Gasteiger partial charge in [0.2, 0.25) is 5.91 Å². The maximum absolute atomic E-state index is 13.0. The number of fused-ring (bicyclic) bond motifs is 1. The number of halogens is 1. The number of amides is 1. The maximum atomic E-state index is 13.0. The summed E-state index contributed by atoms with van der Waals surface area (Å²) >= 11 is 5.94. The van der Waals surface area contributed by atoms with E-state index in [2.05, 4.69) is 5.10 Å². The van der Waals surface area contributed by atoms with Crippen molar-refractivity contribution in [2.45, 2.75) is 19.5 Å². The lowest BCUT2D eigenvalue weighted by molar-refractivity contribution is -0.133. The second-order valence-corrected chi connectivity index (χ2v) is 7.70. The summed E-state index contributed by atoms with van der Waals surface area (Å²) in [5, 5.41) is 5.00. The molecule has 0 bridgehead atoms. The summed E-state index contributed by atoms with van der Waals surface area (Å²) in [6.07, 6.45) is 0.703. The second-order valence-electron chi connectivity index (χ2n) is 7.26. The van der Waals surface area contributed by atoms with E-state index in [1.807, 2.05) is 24.3 Å². The molecule has 160 valence electrons. The number of nitrogens with zero attached hydrogens (tertiary/aromatic N) is 3. The minimum atomic E-state index is -0.324. The number of aromatic nitrogens is 2. The van der Waals surface area contributed by atoms with Crippen molar-refractivity contribution in [3.8, 4) is 22.8 Å². The third kappa shape index (κ3) is 4.41. The first-order chi connectivity index (χ1) is 15.0. The number of rotatable bonds is 5. The van der Waals surface area contributed by atoms with Crippen LogP contribution in [0.4, 0.5) is 0 Å². The first-order valence-corrected chi connectivity index (χ1v) is 10.2. The number of carbonyl (C=O) groups is 1. The van der Waals surface area contributed by atoms with Crippen molar-refractivity contribution in [1.29, 1.82) is 0 Å². The van der Waals surface area contributed by atoms with E-state index in [4.69, 9.17) is 21.1 Å². The molecular formula is C23H22ClN3O4. The van der Waals surface area contributed by atoms with Crippen LogP contribution in [0.3, 0.4) is 0 Å². The SMILES string of the molecule is COc1cc2c(cc1OC)CN(C(=O)Cn1nc(-c3ccc(Cl)cc3)ccc1=O)CC2. The Kier molecular flexibility index (Phi) is 5.95. The highest BCUT2D eigenvalue weighted by molar-refractivity contribution is 6.30. The molecule has 1 aromatic heterocycles. The maximum Gasteiger partial charge on any atom is 0.267 e. The highest BCUT2D eigenvalue weighted by Crippen LogP contribution is 2.33. The van der Waals surface area contributed by atoms with Crippen LogP contribution in [-0.4, -0.2) is 41.4 Å². The number of hydrogen-bond acceptors (Lipinski definition) is 5. The summed E-state index contributed by atoms with van der Waals surface area (Å²) < 4.78 is 11.9. The first kappa shape index (κ1) is 20.9. The molecule has 4 rings (SSSR count). The van der Waals surface area contributed by atoms with Gasteiger partial charge in [-0.05, 0) is 47.9 Å². The molecule has 7 nitrogen and oxygen atoms in total. The number of ether oxygens (including phenoxy) is 2. The van der Waals surface area contributed by atoms with E-state index >= 15 is 0 Å². The van der Waals surface area contributed by atoms with Crippen LogP contribution in [0, 0.1) is 0 Å². The lowest BCUT2D eigenvalue weighted by Gasteiger charge is -2.29. The van der Waals surface area contributed by atoms with Crippen molar-refractivity contribution in [2.75, 3.05) is 20.8 Å². The summed E-state index contributed by atoms with van der Waals surface area (Å²) in [6, 6.07) is 14.1. The van der Waals surface area contributed by atoms with Gasteiger partial charge in [-0.3, -0.25) is 9.59 Å². The van der Waals surface area contributed by atoms with E-state index in [0.717, 1.165) is 16.7 Å². The summed E-state index contributed by atoms with van der Waals surface area (Å²) in [5.41, 5.74) is 3.23. The Morgan fingerprint density at radius 1 is 1.03 bits per heavy atom. The third-order valence-electron chi connectivity index (χ3n) is 5.36. The number of methoxy groups -OCH3 is 2. The highest BCUT2D eigenvalue weighted by atomic mass is 35.5. The van der Waals surface area contributed by atoms with Gasteiger partial charge in [0.25, 0.3) is 5.56 Å². The molecule has 0 N–H and O–H groups in total. The molecule has 0 radical (unpaired) electrons. The summed E-state index contributed by atoms with van der Waals surface area (Å²) in [4.78, 5) is 27.0. The lowest BCUT2D eigenvalue weighted by Crippen LogP contribution is -2.40. The summed E-state index contributed by atoms with van der Waals surface area (Å²) in [7, 11) is 3.19. The smallest absolute Gasteiger partial charge is 0.267 e. The fraction of sp³-hybridized carbons (Fsp3) is 0.261. The standard InChI is InChI=1S/C23H22ClN3O4/c1-30-20-11-16-9-10-26(13-17(16)12-21(20)31-2)23(29)14-27-22(28)8-7-19(25-27)15-3-5-18(24)6-4-15/h3-8,11-12H,9-10,13-14H2,1-2H3. The van der Waals surface area contributed by atoms with Gasteiger partial charge in [-0.2, -0.15) is 5.10 Å². The van der Waals surface area contributed by atoms with E-state index in [0.29, 0.717) is 41.7 Å². The predicted octanol–water partition coefficient (Wildman–Crippen LogP) is 3.17. The van der Waals surface area contributed by atoms with Gasteiger partial charge in [-0.15, -0.1) is 0 Å². The molecule has 1 aliphatic heterocycles. The van der Waals surface area contributed by atoms with Gasteiger partial charge in [0, 0.05) is 29.7 Å². The summed E-state index contributed by atoms with van der Waals surface area (Å²) in [5.74, 6) is 1.14. The molecule has 0 saturated carbocycles. The van der Waals surface area contributed by atoms with Crippen LogP contribution in [0.25, 0.3) is 11.3 Å². The fourth-order valence-corrected chi connectivity index (χ4v) is 3.79. The Hall–Kier alpha value is -3.32. The van der Waals surface area contributed by atoms with E-state index in [1.54, 1.807) is 37.3 Å². The highest BCUT2D eigenvalue weighted by Gasteiger charge is 2.23. The number of hydrogen-bond donors (Lipinski definition) is 0. The van der Waals surface area contributed by atoms with Gasteiger partial charge >= 0.3 is 0 Å². The third-order valence-corrected chi connectivity index (χ3v) is 5.61. The van der Waals surface area contributed by atoms with Crippen LogP contribution in [0.15, 0.2) is 53.3 Å². The molecule has 31 heavy (non-hydrogen) atoms.